The molecule has 166 valence electrons. The van der Waals surface area contributed by atoms with Gasteiger partial charge < -0.3 is 14.8 Å². The molecule has 1 N–H and O–H groups in total. The van der Waals surface area contributed by atoms with Gasteiger partial charge in [0, 0.05) is 41.2 Å². The van der Waals surface area contributed by atoms with E-state index in [1.54, 1.807) is 18.1 Å². The zero-order chi connectivity index (χ0) is 22.6. The lowest BCUT2D eigenvalue weighted by Gasteiger charge is -2.44. The summed E-state index contributed by atoms with van der Waals surface area (Å²) < 4.78 is 11.7. The van der Waals surface area contributed by atoms with E-state index in [0.29, 0.717) is 30.1 Å². The van der Waals surface area contributed by atoms with E-state index in [2.05, 4.69) is 5.32 Å². The summed E-state index contributed by atoms with van der Waals surface area (Å²) in [5, 5.41) is 2.11. The number of alkyl halides is 1. The van der Waals surface area contributed by atoms with Gasteiger partial charge in [0.2, 0.25) is 0 Å². The number of likely N-dealkylation sites (tertiary alicyclic amines) is 1. The highest BCUT2D eigenvalue weighted by molar-refractivity contribution is 6.33. The molecule has 1 aliphatic heterocycles. The van der Waals surface area contributed by atoms with E-state index >= 15 is 0 Å². The summed E-state index contributed by atoms with van der Waals surface area (Å²) in [7, 11) is 1.61. The van der Waals surface area contributed by atoms with Crippen molar-refractivity contribution in [1.82, 2.24) is 10.2 Å². The van der Waals surface area contributed by atoms with Gasteiger partial charge in [0.25, 0.3) is 0 Å². The molecule has 1 aliphatic rings. The molecular formula is C25H24Cl2N2O3. The van der Waals surface area contributed by atoms with Crippen LogP contribution < -0.4 is 10.1 Å². The van der Waals surface area contributed by atoms with Crippen LogP contribution in [0.3, 0.4) is 0 Å². The first-order chi connectivity index (χ1) is 15.5. The van der Waals surface area contributed by atoms with Gasteiger partial charge >= 0.3 is 6.03 Å². The summed E-state index contributed by atoms with van der Waals surface area (Å²) in [6, 6.07) is 24.2. The number of methoxy groups -OCH3 is 1. The number of para-hydroxylation sites is 1. The summed E-state index contributed by atoms with van der Waals surface area (Å²) >= 11 is 13.6. The van der Waals surface area contributed by atoms with E-state index in [4.69, 9.17) is 32.7 Å². The second-order valence-corrected chi connectivity index (χ2v) is 8.41. The number of halogens is 2. The second-order valence-electron chi connectivity index (χ2n) is 7.47. The predicted molar refractivity (Wildman–Crippen MR) is 126 cm³/mol. The number of ether oxygens (including phenoxy) is 2. The fourth-order valence-electron chi connectivity index (χ4n) is 3.69. The molecule has 3 aromatic rings. The van der Waals surface area contributed by atoms with E-state index in [-0.39, 0.29) is 6.03 Å². The van der Waals surface area contributed by atoms with E-state index in [9.17, 15) is 4.79 Å². The Kier molecular flexibility index (Phi) is 6.89. The lowest BCUT2D eigenvalue weighted by atomic mass is 10.00. The van der Waals surface area contributed by atoms with Crippen molar-refractivity contribution in [3.05, 3.63) is 101 Å². The Morgan fingerprint density at radius 2 is 1.75 bits per heavy atom. The maximum absolute atomic E-state index is 12.9. The van der Waals surface area contributed by atoms with Crippen LogP contribution in [0, 0.1) is 0 Å². The van der Waals surface area contributed by atoms with Gasteiger partial charge in [-0.3, -0.25) is 4.90 Å². The molecule has 0 spiro atoms. The molecule has 5 nitrogen and oxygen atoms in total. The molecule has 7 heteroatoms. The number of benzene rings is 3. The van der Waals surface area contributed by atoms with Crippen LogP contribution in [0.5, 0.6) is 5.75 Å². The number of nitrogens with one attached hydrogen (secondary N) is 1. The molecule has 1 saturated heterocycles. The topological polar surface area (TPSA) is 50.8 Å². The Balaban J connectivity index is 1.51. The van der Waals surface area contributed by atoms with Gasteiger partial charge in [0.15, 0.2) is 5.06 Å². The van der Waals surface area contributed by atoms with E-state index in [1.807, 2.05) is 72.8 Å². The van der Waals surface area contributed by atoms with Gasteiger partial charge in [-0.05, 0) is 12.1 Å². The molecule has 0 aliphatic carbocycles. The fourth-order valence-corrected chi connectivity index (χ4v) is 4.40. The van der Waals surface area contributed by atoms with Crippen molar-refractivity contribution >= 4 is 29.2 Å². The first-order valence-corrected chi connectivity index (χ1v) is 11.1. The molecule has 0 aromatic heterocycles. The SMILES string of the molecule is COc1ccccc1CNC(=O)N1CCC1OC(Cl)(c1ccccc1)c1ccccc1Cl. The standard InChI is InChI=1S/C25H24Cl2N2O3/c1-31-22-14-8-5-9-18(22)17-28-24(30)29-16-15-23(29)32-25(27,19-10-3-2-4-11-19)20-12-6-7-13-21(20)26/h2-14,23H,15-17H2,1H3,(H,28,30). The zero-order valence-electron chi connectivity index (χ0n) is 17.6. The smallest absolute Gasteiger partial charge is 0.319 e. The Bertz CT molecular complexity index is 1080. The normalized spacial score (nSPS) is 17.2. The summed E-state index contributed by atoms with van der Waals surface area (Å²) in [4.78, 5) is 14.5. The highest BCUT2D eigenvalue weighted by Gasteiger charge is 2.43. The third-order valence-electron chi connectivity index (χ3n) is 5.51. The van der Waals surface area contributed by atoms with Gasteiger partial charge in [-0.1, -0.05) is 89.9 Å². The highest BCUT2D eigenvalue weighted by Crippen LogP contribution is 2.44. The summed E-state index contributed by atoms with van der Waals surface area (Å²) in [6.07, 6.45) is 0.190. The minimum atomic E-state index is -1.33. The lowest BCUT2D eigenvalue weighted by Crippen LogP contribution is -2.57. The van der Waals surface area contributed by atoms with Crippen LogP contribution in [0.1, 0.15) is 23.1 Å². The Hall–Kier alpha value is -2.73. The molecule has 0 radical (unpaired) electrons. The van der Waals surface area contributed by atoms with Crippen molar-refractivity contribution in [2.45, 2.75) is 24.3 Å². The Labute approximate surface area is 197 Å². The lowest BCUT2D eigenvalue weighted by molar-refractivity contribution is -0.136. The van der Waals surface area contributed by atoms with Crippen molar-refractivity contribution < 1.29 is 14.3 Å². The molecule has 1 fully saturated rings. The summed E-state index contributed by atoms with van der Waals surface area (Å²) in [6.45, 7) is 0.925. The number of hydrogen-bond donors (Lipinski definition) is 1. The monoisotopic (exact) mass is 470 g/mol. The molecule has 1 heterocycles. The molecule has 32 heavy (non-hydrogen) atoms. The van der Waals surface area contributed by atoms with Gasteiger partial charge in [-0.2, -0.15) is 0 Å². The molecule has 0 bridgehead atoms. The summed E-state index contributed by atoms with van der Waals surface area (Å²) in [5.74, 6) is 0.729. The maximum atomic E-state index is 12.9. The molecular weight excluding hydrogens is 447 g/mol. The van der Waals surface area contributed by atoms with E-state index in [0.717, 1.165) is 16.9 Å². The Morgan fingerprint density at radius 1 is 1.06 bits per heavy atom. The fraction of sp³-hybridized carbons (Fsp3) is 0.240. The zero-order valence-corrected chi connectivity index (χ0v) is 19.1. The molecule has 4 rings (SSSR count). The van der Waals surface area contributed by atoms with Gasteiger partial charge in [0.05, 0.1) is 7.11 Å². The molecule has 0 saturated carbocycles. The molecule has 2 amide bonds. The van der Waals surface area contributed by atoms with Crippen molar-refractivity contribution in [2.75, 3.05) is 13.7 Å². The summed E-state index contributed by atoms with van der Waals surface area (Å²) in [5.41, 5.74) is 2.28. The predicted octanol–water partition coefficient (Wildman–Crippen LogP) is 5.75. The van der Waals surface area contributed by atoms with Gasteiger partial charge in [-0.25, -0.2) is 4.79 Å². The van der Waals surface area contributed by atoms with Crippen LogP contribution in [-0.4, -0.2) is 30.8 Å². The van der Waals surface area contributed by atoms with Crippen LogP contribution in [0.4, 0.5) is 4.79 Å². The molecule has 3 aromatic carbocycles. The van der Waals surface area contributed by atoms with Crippen LogP contribution >= 0.6 is 23.2 Å². The van der Waals surface area contributed by atoms with E-state index in [1.165, 1.54) is 0 Å². The minimum Gasteiger partial charge on any atom is -0.496 e. The number of hydrogen-bond acceptors (Lipinski definition) is 3. The second kappa shape index (κ2) is 9.82. The number of rotatable bonds is 7. The minimum absolute atomic E-state index is 0.224. The van der Waals surface area contributed by atoms with Crippen LogP contribution in [0.2, 0.25) is 5.02 Å². The molecule has 2 unspecified atom stereocenters. The van der Waals surface area contributed by atoms with E-state index < -0.39 is 11.3 Å². The Morgan fingerprint density at radius 3 is 2.44 bits per heavy atom. The average Bonchev–Trinajstić information content (AvgIpc) is 2.81. The van der Waals surface area contributed by atoms with Crippen molar-refractivity contribution in [2.24, 2.45) is 0 Å². The first kappa shape index (κ1) is 22.5. The third-order valence-corrected chi connectivity index (χ3v) is 6.35. The quantitative estimate of drug-likeness (QED) is 0.447. The highest BCUT2D eigenvalue weighted by atomic mass is 35.5. The van der Waals surface area contributed by atoms with Gasteiger partial charge in [0.1, 0.15) is 12.0 Å². The third kappa shape index (κ3) is 4.56. The van der Waals surface area contributed by atoms with Crippen molar-refractivity contribution in [3.63, 3.8) is 0 Å². The van der Waals surface area contributed by atoms with Gasteiger partial charge in [-0.15, -0.1) is 0 Å². The number of carbonyl (C=O) groups is 1. The van der Waals surface area contributed by atoms with Crippen molar-refractivity contribution in [1.29, 1.82) is 0 Å². The first-order valence-electron chi connectivity index (χ1n) is 10.4. The number of amides is 2. The number of carbonyl (C=O) groups excluding carboxylic acids is 1. The van der Waals surface area contributed by atoms with Crippen LogP contribution in [0.25, 0.3) is 0 Å². The average molecular weight is 471 g/mol. The maximum Gasteiger partial charge on any atom is 0.319 e. The number of nitrogens with zero attached hydrogens (tertiary/aromatic N) is 1. The molecule has 2 atom stereocenters. The van der Waals surface area contributed by atoms with Crippen LogP contribution in [0.15, 0.2) is 78.9 Å². The number of urea groups is 1. The van der Waals surface area contributed by atoms with Crippen LogP contribution in [-0.2, 0) is 16.3 Å². The largest absolute Gasteiger partial charge is 0.496 e. The van der Waals surface area contributed by atoms with Crippen molar-refractivity contribution in [3.8, 4) is 5.75 Å².